The third-order valence-corrected chi connectivity index (χ3v) is 5.00. The van der Waals surface area contributed by atoms with Crippen LogP contribution in [0.4, 0.5) is 8.22 Å². The first kappa shape index (κ1) is 10.6. The third-order valence-electron chi connectivity index (χ3n) is 3.12. The van der Waals surface area contributed by atoms with Crippen LogP contribution in [0.15, 0.2) is 22.3 Å². The number of hydrogen-bond acceptors (Lipinski definition) is 0. The van der Waals surface area contributed by atoms with Gasteiger partial charge in [0, 0.05) is 0 Å². The van der Waals surface area contributed by atoms with Crippen molar-refractivity contribution in [1.29, 1.82) is 0 Å². The summed E-state index contributed by atoms with van der Waals surface area (Å²) in [6, 6.07) is 0. The second-order valence-electron chi connectivity index (χ2n) is 4.01. The largest absolute Gasteiger partial charge is 0.432 e. The summed E-state index contributed by atoms with van der Waals surface area (Å²) in [5, 5.41) is 0. The molecule has 3 heteroatoms. The quantitative estimate of drug-likeness (QED) is 0.444. The predicted molar refractivity (Wildman–Crippen MR) is 54.3 cm³/mol. The van der Waals surface area contributed by atoms with Crippen molar-refractivity contribution in [3.8, 4) is 0 Å². The van der Waals surface area contributed by atoms with Gasteiger partial charge in [0.25, 0.3) is 0 Å². The lowest BCUT2D eigenvalue weighted by molar-refractivity contribution is 0.592. The lowest BCUT2D eigenvalue weighted by Crippen LogP contribution is -2.26. The van der Waals surface area contributed by atoms with Crippen LogP contribution in [0, 0.1) is 0 Å². The summed E-state index contributed by atoms with van der Waals surface area (Å²) in [4.78, 5) is 0. The highest BCUT2D eigenvalue weighted by Gasteiger charge is 2.44. The van der Waals surface area contributed by atoms with Crippen LogP contribution in [0.1, 0.15) is 27.7 Å². The van der Waals surface area contributed by atoms with E-state index in [0.29, 0.717) is 0 Å². The molecule has 0 aromatic carbocycles. The van der Waals surface area contributed by atoms with Crippen LogP contribution >= 0.6 is 0 Å². The van der Waals surface area contributed by atoms with E-state index in [-0.39, 0.29) is 0 Å². The minimum absolute atomic E-state index is 0.535. The van der Waals surface area contributed by atoms with Gasteiger partial charge >= 0.3 is 8.74 Å². The normalized spacial score (nSPS) is 20.5. The Bertz CT molecular complexity index is 271. The van der Waals surface area contributed by atoms with Gasteiger partial charge < -0.3 is 0 Å². The minimum atomic E-state index is -4.05. The number of halogens is 2. The average molecular weight is 202 g/mol. The Balaban J connectivity index is 3.18. The molecule has 0 saturated heterocycles. The summed E-state index contributed by atoms with van der Waals surface area (Å²) >= 11 is 0. The van der Waals surface area contributed by atoms with E-state index in [1.54, 1.807) is 0 Å². The summed E-state index contributed by atoms with van der Waals surface area (Å²) < 4.78 is 26.7. The molecule has 0 unspecified atom stereocenters. The Labute approximate surface area is 79.7 Å². The maximum absolute atomic E-state index is 13.3. The molecule has 0 bridgehead atoms. The fourth-order valence-electron chi connectivity index (χ4n) is 2.11. The molecule has 0 N–H and O–H groups in total. The van der Waals surface area contributed by atoms with Crippen molar-refractivity contribution >= 4 is 8.74 Å². The van der Waals surface area contributed by atoms with Gasteiger partial charge in [-0.25, -0.2) is 0 Å². The van der Waals surface area contributed by atoms with Crippen LogP contribution < -0.4 is 0 Å². The van der Waals surface area contributed by atoms with Crippen molar-refractivity contribution in [2.75, 3.05) is 0 Å². The highest BCUT2D eigenvalue weighted by Crippen LogP contribution is 2.47. The monoisotopic (exact) mass is 202 g/mol. The molecule has 74 valence electrons. The molecule has 0 spiro atoms. The van der Waals surface area contributed by atoms with E-state index < -0.39 is 14.3 Å². The molecule has 0 aromatic heterocycles. The molecule has 0 radical (unpaired) electrons. The van der Waals surface area contributed by atoms with Crippen LogP contribution in [0.2, 0.25) is 12.1 Å². The Morgan fingerprint density at radius 2 is 1.23 bits per heavy atom. The standard InChI is InChI=1S/C10H16F2Si/c1-6-7(2)9(4)10(8(6)3)13(5,11)12/h10H,1-5H3. The van der Waals surface area contributed by atoms with E-state index in [1.807, 2.05) is 27.7 Å². The fourth-order valence-corrected chi connectivity index (χ4v) is 4.06. The zero-order chi connectivity index (χ0) is 10.4. The fraction of sp³-hybridized carbons (Fsp3) is 0.600. The Hall–Kier alpha value is -0.443. The van der Waals surface area contributed by atoms with E-state index in [4.69, 9.17) is 0 Å². The zero-order valence-corrected chi connectivity index (χ0v) is 9.83. The van der Waals surface area contributed by atoms with E-state index in [2.05, 4.69) is 0 Å². The first-order valence-corrected chi connectivity index (χ1v) is 6.83. The Morgan fingerprint density at radius 3 is 1.38 bits per heavy atom. The van der Waals surface area contributed by atoms with E-state index in [9.17, 15) is 8.22 Å². The van der Waals surface area contributed by atoms with Gasteiger partial charge in [-0.05, 0) is 45.4 Å². The molecule has 0 heterocycles. The minimum Gasteiger partial charge on any atom is -0.270 e. The molecule has 1 aliphatic carbocycles. The van der Waals surface area contributed by atoms with Gasteiger partial charge in [0.2, 0.25) is 0 Å². The van der Waals surface area contributed by atoms with Crippen molar-refractivity contribution in [1.82, 2.24) is 0 Å². The number of hydrogen-bond donors (Lipinski definition) is 0. The molecule has 0 saturated carbocycles. The predicted octanol–water partition coefficient (Wildman–Crippen LogP) is 4.05. The van der Waals surface area contributed by atoms with Gasteiger partial charge in [-0.2, -0.15) is 0 Å². The van der Waals surface area contributed by atoms with Crippen molar-refractivity contribution in [3.05, 3.63) is 22.3 Å². The van der Waals surface area contributed by atoms with Crippen molar-refractivity contribution in [2.45, 2.75) is 39.8 Å². The number of rotatable bonds is 1. The molecule has 1 aliphatic rings. The summed E-state index contributed by atoms with van der Waals surface area (Å²) in [7, 11) is -4.05. The summed E-state index contributed by atoms with van der Waals surface area (Å²) in [5.74, 6) is 0. The molecule has 0 fully saturated rings. The van der Waals surface area contributed by atoms with E-state index in [0.717, 1.165) is 28.8 Å². The second-order valence-corrected chi connectivity index (χ2v) is 6.50. The lowest BCUT2D eigenvalue weighted by atomic mass is 10.1. The van der Waals surface area contributed by atoms with Crippen molar-refractivity contribution in [2.24, 2.45) is 0 Å². The Morgan fingerprint density at radius 1 is 0.923 bits per heavy atom. The average Bonchev–Trinajstić information content (AvgIpc) is 2.14. The van der Waals surface area contributed by atoms with E-state index >= 15 is 0 Å². The Kier molecular flexibility index (Phi) is 2.49. The van der Waals surface area contributed by atoms with Gasteiger partial charge in [-0.15, -0.1) is 0 Å². The summed E-state index contributed by atoms with van der Waals surface area (Å²) in [6.07, 6.45) is 0. The maximum Gasteiger partial charge on any atom is 0.432 e. The van der Waals surface area contributed by atoms with Crippen LogP contribution in [-0.4, -0.2) is 8.74 Å². The topological polar surface area (TPSA) is 0 Å². The number of allylic oxidation sites excluding steroid dienone is 4. The molecule has 0 amide bonds. The van der Waals surface area contributed by atoms with Gasteiger partial charge in [0.15, 0.2) is 0 Å². The van der Waals surface area contributed by atoms with E-state index in [1.165, 1.54) is 0 Å². The zero-order valence-electron chi connectivity index (χ0n) is 8.83. The molecule has 0 nitrogen and oxygen atoms in total. The highest BCUT2D eigenvalue weighted by atomic mass is 28.4. The van der Waals surface area contributed by atoms with Gasteiger partial charge in [0.1, 0.15) is 0 Å². The third kappa shape index (κ3) is 1.62. The van der Waals surface area contributed by atoms with Crippen LogP contribution in [0.3, 0.4) is 0 Å². The lowest BCUT2D eigenvalue weighted by Gasteiger charge is -2.19. The van der Waals surface area contributed by atoms with Crippen LogP contribution in [0.25, 0.3) is 0 Å². The van der Waals surface area contributed by atoms with Crippen LogP contribution in [-0.2, 0) is 0 Å². The smallest absolute Gasteiger partial charge is 0.270 e. The summed E-state index contributed by atoms with van der Waals surface area (Å²) in [5.41, 5.74) is 3.36. The molecule has 1 rings (SSSR count). The molecule has 0 aromatic rings. The first-order valence-electron chi connectivity index (χ1n) is 4.49. The van der Waals surface area contributed by atoms with Crippen molar-refractivity contribution in [3.63, 3.8) is 0 Å². The van der Waals surface area contributed by atoms with Crippen molar-refractivity contribution < 1.29 is 8.22 Å². The second kappa shape index (κ2) is 3.05. The molecule has 0 aliphatic heterocycles. The molecule has 13 heavy (non-hydrogen) atoms. The SMILES string of the molecule is CC1=C(C)C([Si](C)(F)F)C(C)=C1C. The van der Waals surface area contributed by atoms with Gasteiger partial charge in [0.05, 0.1) is 5.54 Å². The molecular weight excluding hydrogens is 186 g/mol. The summed E-state index contributed by atoms with van der Waals surface area (Å²) in [6.45, 7) is 8.69. The van der Waals surface area contributed by atoms with Gasteiger partial charge in [-0.1, -0.05) is 11.1 Å². The highest BCUT2D eigenvalue weighted by molar-refractivity contribution is 6.68. The van der Waals surface area contributed by atoms with Crippen LogP contribution in [0.5, 0.6) is 0 Å². The molecule has 0 atom stereocenters. The first-order chi connectivity index (χ1) is 5.76. The van der Waals surface area contributed by atoms with Gasteiger partial charge in [-0.3, -0.25) is 8.22 Å². The molecular formula is C10H16F2Si. The maximum atomic E-state index is 13.3.